The lowest BCUT2D eigenvalue weighted by molar-refractivity contribution is -0.187. The molecular weight excluding hydrogens is 464 g/mol. The molecule has 4 rings (SSSR count). The van der Waals surface area contributed by atoms with Crippen LogP contribution in [0.4, 0.5) is 0 Å². The molecule has 1 unspecified atom stereocenters. The van der Waals surface area contributed by atoms with Crippen molar-refractivity contribution in [1.82, 2.24) is 0 Å². The normalized spacial score (nSPS) is 42.8. The summed E-state index contributed by atoms with van der Waals surface area (Å²) in [5.41, 5.74) is -0.601. The Morgan fingerprint density at radius 1 is 1.26 bits per heavy atom. The van der Waals surface area contributed by atoms with E-state index >= 15 is 0 Å². The number of hydrogen-bond donors (Lipinski definition) is 1. The van der Waals surface area contributed by atoms with Crippen LogP contribution in [0, 0.1) is 39.9 Å². The number of aliphatic hydroxyl groups excluding tert-OH is 1. The van der Waals surface area contributed by atoms with Crippen molar-refractivity contribution >= 4 is 34.8 Å². The SMILES string of the molecule is CCC(=O)OC(OC(C)=S)C(=O)[C@@]1(C)CC[C@H]2[C@@H]3C[C@H](C)C4=CC(=O)C=C[C@]4(C)[C@H]3[C@@H](O)C[C@@]21C. The quantitative estimate of drug-likeness (QED) is 0.330. The van der Waals surface area contributed by atoms with Gasteiger partial charge in [0.1, 0.15) is 0 Å². The van der Waals surface area contributed by atoms with Crippen LogP contribution in [0.15, 0.2) is 23.8 Å². The third-order valence-electron chi connectivity index (χ3n) is 9.98. The van der Waals surface area contributed by atoms with Crippen molar-refractivity contribution in [3.8, 4) is 0 Å². The highest BCUT2D eigenvalue weighted by atomic mass is 32.1. The van der Waals surface area contributed by atoms with E-state index in [0.29, 0.717) is 12.8 Å². The van der Waals surface area contributed by atoms with Gasteiger partial charge in [-0.2, -0.15) is 0 Å². The maximum absolute atomic E-state index is 14.0. The molecule has 0 amide bonds. The van der Waals surface area contributed by atoms with Crippen LogP contribution in [-0.4, -0.2) is 40.1 Å². The zero-order valence-corrected chi connectivity index (χ0v) is 22.4. The summed E-state index contributed by atoms with van der Waals surface area (Å²) in [5, 5.41) is 11.8. The van der Waals surface area contributed by atoms with Crippen molar-refractivity contribution in [3.63, 3.8) is 0 Å². The van der Waals surface area contributed by atoms with Crippen LogP contribution < -0.4 is 0 Å². The Morgan fingerprint density at radius 3 is 2.57 bits per heavy atom. The van der Waals surface area contributed by atoms with Crippen molar-refractivity contribution < 1.29 is 29.0 Å². The fraction of sp³-hybridized carbons (Fsp3) is 0.714. The van der Waals surface area contributed by atoms with Crippen LogP contribution in [0.1, 0.15) is 73.6 Å². The van der Waals surface area contributed by atoms with Gasteiger partial charge in [-0.1, -0.05) is 46.3 Å². The van der Waals surface area contributed by atoms with Crippen LogP contribution in [-0.2, 0) is 23.9 Å². The van der Waals surface area contributed by atoms with Gasteiger partial charge in [-0.3, -0.25) is 14.4 Å². The predicted molar refractivity (Wildman–Crippen MR) is 135 cm³/mol. The predicted octanol–water partition coefficient (Wildman–Crippen LogP) is 4.73. The molecule has 0 aromatic rings. The second kappa shape index (κ2) is 8.91. The average molecular weight is 503 g/mol. The van der Waals surface area contributed by atoms with Gasteiger partial charge >= 0.3 is 12.3 Å². The minimum absolute atomic E-state index is 0.0125. The standard InChI is InChI=1S/C28H38O6S/c1-7-22(31)34-25(33-16(3)35)24(32)27(5)11-9-19-18-12-15(2)20-13-17(29)8-10-26(20,4)23(18)21(30)14-28(19,27)6/h8,10,13,15,18-19,21,23,25,30H,7,9,11-12,14H2,1-6H3/t15-,18-,19-,21-,23+,25?,26-,27+,28-/m0/s1. The maximum atomic E-state index is 14.0. The first-order valence-corrected chi connectivity index (χ1v) is 13.2. The number of fused-ring (bicyclic) bond motifs is 5. The van der Waals surface area contributed by atoms with Crippen molar-refractivity contribution in [2.24, 2.45) is 39.9 Å². The topological polar surface area (TPSA) is 89.9 Å². The van der Waals surface area contributed by atoms with Gasteiger partial charge in [0.05, 0.1) is 6.10 Å². The summed E-state index contributed by atoms with van der Waals surface area (Å²) >= 11 is 5.08. The number of hydrogen-bond acceptors (Lipinski definition) is 7. The highest BCUT2D eigenvalue weighted by molar-refractivity contribution is 7.80. The number of carbonyl (C=O) groups is 3. The average Bonchev–Trinajstić information content (AvgIpc) is 3.04. The second-order valence-corrected chi connectivity index (χ2v) is 12.3. The molecule has 3 saturated carbocycles. The minimum Gasteiger partial charge on any atom is -0.441 e. The Balaban J connectivity index is 1.70. The lowest BCUT2D eigenvalue weighted by Crippen LogP contribution is -2.60. The molecule has 0 saturated heterocycles. The summed E-state index contributed by atoms with van der Waals surface area (Å²) in [6.07, 6.45) is 6.34. The highest BCUT2D eigenvalue weighted by Gasteiger charge is 2.68. The van der Waals surface area contributed by atoms with Gasteiger partial charge in [0.25, 0.3) is 0 Å². The second-order valence-electron chi connectivity index (χ2n) is 11.8. The van der Waals surface area contributed by atoms with Crippen LogP contribution in [0.25, 0.3) is 0 Å². The van der Waals surface area contributed by atoms with Crippen LogP contribution >= 0.6 is 12.2 Å². The first-order chi connectivity index (χ1) is 16.3. The summed E-state index contributed by atoms with van der Waals surface area (Å²) in [6, 6.07) is 0. The third-order valence-corrected chi connectivity index (χ3v) is 10.1. The number of ether oxygens (including phenoxy) is 2. The molecule has 192 valence electrons. The number of rotatable bonds is 5. The molecule has 0 spiro atoms. The van der Waals surface area contributed by atoms with E-state index < -0.39 is 29.2 Å². The number of thiocarbonyl (C=S) groups is 1. The number of allylic oxidation sites excluding steroid dienone is 4. The molecule has 0 aromatic heterocycles. The van der Waals surface area contributed by atoms with E-state index in [-0.39, 0.29) is 52.1 Å². The molecule has 0 aliphatic heterocycles. The molecule has 1 N–H and O–H groups in total. The van der Waals surface area contributed by atoms with Gasteiger partial charge in [-0.05, 0) is 73.2 Å². The van der Waals surface area contributed by atoms with Gasteiger partial charge in [0, 0.05) is 30.1 Å². The zero-order chi connectivity index (χ0) is 25.9. The number of esters is 1. The molecule has 6 nitrogen and oxygen atoms in total. The van der Waals surface area contributed by atoms with E-state index in [4.69, 9.17) is 21.7 Å². The summed E-state index contributed by atoms with van der Waals surface area (Å²) < 4.78 is 11.0. The van der Waals surface area contributed by atoms with Gasteiger partial charge in [-0.15, -0.1) is 0 Å². The monoisotopic (exact) mass is 502 g/mol. The number of aliphatic hydroxyl groups is 1. The molecule has 0 radical (unpaired) electrons. The van der Waals surface area contributed by atoms with E-state index in [0.717, 1.165) is 18.4 Å². The molecule has 0 aromatic carbocycles. The molecule has 4 aliphatic carbocycles. The number of ketones is 2. The molecule has 0 heterocycles. The smallest absolute Gasteiger partial charge is 0.308 e. The molecule has 35 heavy (non-hydrogen) atoms. The first-order valence-electron chi connectivity index (χ1n) is 12.8. The first kappa shape index (κ1) is 26.2. The lowest BCUT2D eigenvalue weighted by Gasteiger charge is -2.61. The molecule has 4 aliphatic rings. The van der Waals surface area contributed by atoms with Gasteiger partial charge in [0.2, 0.25) is 5.78 Å². The highest BCUT2D eigenvalue weighted by Crippen LogP contribution is 2.70. The summed E-state index contributed by atoms with van der Waals surface area (Å²) in [6.45, 7) is 11.6. The van der Waals surface area contributed by atoms with E-state index in [1.807, 2.05) is 13.0 Å². The Hall–Kier alpha value is -1.86. The van der Waals surface area contributed by atoms with Gasteiger partial charge < -0.3 is 14.6 Å². The maximum Gasteiger partial charge on any atom is 0.308 e. The number of Topliss-reactive ketones (excluding diaryl/α,β-unsaturated/α-hetero) is 1. The fourth-order valence-corrected chi connectivity index (χ4v) is 8.23. The summed E-state index contributed by atoms with van der Waals surface area (Å²) in [5.74, 6) is -0.162. The van der Waals surface area contributed by atoms with Crippen LogP contribution in [0.3, 0.4) is 0 Å². The fourth-order valence-electron chi connectivity index (χ4n) is 8.14. The molecular formula is C28H38O6S. The lowest BCUT2D eigenvalue weighted by atomic mass is 9.43. The largest absolute Gasteiger partial charge is 0.441 e. The Morgan fingerprint density at radius 2 is 1.94 bits per heavy atom. The Bertz CT molecular complexity index is 1010. The van der Waals surface area contributed by atoms with Crippen molar-refractivity contribution in [3.05, 3.63) is 23.8 Å². The minimum atomic E-state index is -1.37. The van der Waals surface area contributed by atoms with E-state index in [1.54, 1.807) is 26.0 Å². The van der Waals surface area contributed by atoms with Gasteiger partial charge in [-0.25, -0.2) is 0 Å². The van der Waals surface area contributed by atoms with Crippen molar-refractivity contribution in [2.75, 3.05) is 0 Å². The molecule has 7 heteroatoms. The zero-order valence-electron chi connectivity index (χ0n) is 21.6. The Labute approximate surface area is 213 Å². The summed E-state index contributed by atoms with van der Waals surface area (Å²) in [7, 11) is 0. The van der Waals surface area contributed by atoms with E-state index in [1.165, 1.54) is 0 Å². The third kappa shape index (κ3) is 3.93. The molecule has 3 fully saturated rings. The van der Waals surface area contributed by atoms with E-state index in [9.17, 15) is 19.5 Å². The molecule has 0 bridgehead atoms. The van der Waals surface area contributed by atoms with Gasteiger partial charge in [0.15, 0.2) is 10.8 Å². The summed E-state index contributed by atoms with van der Waals surface area (Å²) in [4.78, 5) is 38.2. The van der Waals surface area contributed by atoms with Crippen molar-refractivity contribution in [2.45, 2.75) is 86.0 Å². The van der Waals surface area contributed by atoms with Crippen molar-refractivity contribution in [1.29, 1.82) is 0 Å². The Kier molecular flexibility index (Phi) is 6.67. The molecule has 9 atom stereocenters. The van der Waals surface area contributed by atoms with E-state index in [2.05, 4.69) is 20.8 Å². The van der Waals surface area contributed by atoms with Crippen LogP contribution in [0.2, 0.25) is 0 Å². The van der Waals surface area contributed by atoms with Crippen LogP contribution in [0.5, 0.6) is 0 Å². The number of carbonyl (C=O) groups excluding carboxylic acids is 3.